The number of alkyl halides is 3. The number of benzene rings is 1. The van der Waals surface area contributed by atoms with Crippen LogP contribution in [0.4, 0.5) is 18.9 Å². The van der Waals surface area contributed by atoms with Crippen molar-refractivity contribution in [1.82, 2.24) is 4.57 Å². The van der Waals surface area contributed by atoms with E-state index in [9.17, 15) is 36.3 Å². The molecule has 28 heavy (non-hydrogen) atoms. The van der Waals surface area contributed by atoms with Crippen molar-refractivity contribution in [3.05, 3.63) is 56.5 Å². The lowest BCUT2D eigenvalue weighted by molar-refractivity contribution is -0.0429. The van der Waals surface area contributed by atoms with E-state index in [4.69, 9.17) is 0 Å². The van der Waals surface area contributed by atoms with Gasteiger partial charge in [0.1, 0.15) is 5.56 Å². The Kier molecular flexibility index (Phi) is 5.35. The van der Waals surface area contributed by atoms with Crippen molar-refractivity contribution >= 4 is 21.7 Å². The molecule has 2 N–H and O–H groups in total. The summed E-state index contributed by atoms with van der Waals surface area (Å²) in [5, 5.41) is 9.29. The Labute approximate surface area is 158 Å². The number of anilines is 1. The molecule has 1 aromatic carbocycles. The molecule has 0 aliphatic rings. The van der Waals surface area contributed by atoms with Gasteiger partial charge < -0.3 is 5.11 Å². The van der Waals surface area contributed by atoms with Crippen LogP contribution in [0.15, 0.2) is 23.0 Å². The third-order valence-corrected chi connectivity index (χ3v) is 5.23. The van der Waals surface area contributed by atoms with Gasteiger partial charge in [0.15, 0.2) is 0 Å². The van der Waals surface area contributed by atoms with E-state index in [1.54, 1.807) is 6.92 Å². The molecule has 0 unspecified atom stereocenters. The van der Waals surface area contributed by atoms with E-state index in [0.717, 1.165) is 10.6 Å². The molecular formula is C17H17F3N2O5S. The van der Waals surface area contributed by atoms with Gasteiger partial charge in [0.2, 0.25) is 0 Å². The highest BCUT2D eigenvalue weighted by molar-refractivity contribution is 7.93. The molecule has 0 saturated carbocycles. The van der Waals surface area contributed by atoms with E-state index in [0.29, 0.717) is 11.3 Å². The summed E-state index contributed by atoms with van der Waals surface area (Å²) in [5.41, 5.74) is -5.97. The van der Waals surface area contributed by atoms with E-state index in [1.807, 2.05) is 0 Å². The molecule has 2 rings (SSSR count). The number of carboxylic acids is 1. The molecule has 0 fully saturated rings. The number of hydrogen-bond acceptors (Lipinski definition) is 4. The lowest BCUT2D eigenvalue weighted by Crippen LogP contribution is -2.31. The summed E-state index contributed by atoms with van der Waals surface area (Å²) >= 11 is 0. The topological polar surface area (TPSA) is 105 Å². The summed E-state index contributed by atoms with van der Waals surface area (Å²) in [4.78, 5) is 24.1. The zero-order chi connectivity index (χ0) is 21.6. The number of aromatic carboxylic acids is 1. The second-order valence-electron chi connectivity index (χ2n) is 6.29. The number of carboxylic acid groups (broad SMARTS) is 1. The van der Waals surface area contributed by atoms with Gasteiger partial charge >= 0.3 is 21.5 Å². The van der Waals surface area contributed by atoms with Crippen LogP contribution in [0.1, 0.15) is 32.7 Å². The zero-order valence-electron chi connectivity index (χ0n) is 15.3. The molecule has 1 aromatic heterocycles. The average Bonchev–Trinajstić information content (AvgIpc) is 2.49. The van der Waals surface area contributed by atoms with Crippen LogP contribution in [0.3, 0.4) is 0 Å². The number of nitrogens with one attached hydrogen (secondary N) is 1. The normalized spacial score (nSPS) is 12.1. The molecule has 0 atom stereocenters. The summed E-state index contributed by atoms with van der Waals surface area (Å²) in [6.07, 6.45) is 0. The van der Waals surface area contributed by atoms with Crippen LogP contribution < -0.4 is 10.3 Å². The van der Waals surface area contributed by atoms with Gasteiger partial charge in [0.05, 0.1) is 11.4 Å². The summed E-state index contributed by atoms with van der Waals surface area (Å²) in [6, 6.07) is 3.92. The van der Waals surface area contributed by atoms with Crippen molar-refractivity contribution in [3.8, 4) is 5.69 Å². The molecule has 0 bridgehead atoms. The summed E-state index contributed by atoms with van der Waals surface area (Å²) in [6.45, 7) is 5.95. The molecule has 0 aliphatic heterocycles. The predicted octanol–water partition coefficient (Wildman–Crippen LogP) is 3.03. The first-order chi connectivity index (χ1) is 12.7. The van der Waals surface area contributed by atoms with Crippen molar-refractivity contribution in [2.75, 3.05) is 4.72 Å². The number of hydrogen-bond donors (Lipinski definition) is 2. The first-order valence-electron chi connectivity index (χ1n) is 7.84. The minimum atomic E-state index is -5.67. The van der Waals surface area contributed by atoms with Crippen molar-refractivity contribution in [2.45, 2.75) is 33.2 Å². The standard InChI is InChI=1S/C17H17F3N2O5S/c1-8-5-9(2)13(7-12(8)21-28(26,27)17(18,19)20)22-11(4)6-10(3)14(15(22)23)16(24)25/h5-7,21H,1-4H3,(H,24,25). The molecule has 7 nitrogen and oxygen atoms in total. The van der Waals surface area contributed by atoms with E-state index in [-0.39, 0.29) is 22.5 Å². The highest BCUT2D eigenvalue weighted by Gasteiger charge is 2.46. The van der Waals surface area contributed by atoms with E-state index in [1.165, 1.54) is 37.6 Å². The highest BCUT2D eigenvalue weighted by Crippen LogP contribution is 2.29. The molecule has 0 saturated heterocycles. The predicted molar refractivity (Wildman–Crippen MR) is 96.5 cm³/mol. The summed E-state index contributed by atoms with van der Waals surface area (Å²) in [7, 11) is -5.67. The van der Waals surface area contributed by atoms with Gasteiger partial charge in [-0.1, -0.05) is 6.07 Å². The third kappa shape index (κ3) is 3.75. The minimum Gasteiger partial charge on any atom is -0.477 e. The van der Waals surface area contributed by atoms with E-state index >= 15 is 0 Å². The van der Waals surface area contributed by atoms with Gasteiger partial charge in [-0.3, -0.25) is 14.1 Å². The smallest absolute Gasteiger partial charge is 0.477 e. The van der Waals surface area contributed by atoms with Crippen LogP contribution in [-0.4, -0.2) is 29.6 Å². The molecule has 0 amide bonds. The molecule has 0 radical (unpaired) electrons. The van der Waals surface area contributed by atoms with Crippen LogP contribution in [0.25, 0.3) is 5.69 Å². The molecular weight excluding hydrogens is 401 g/mol. The molecule has 11 heteroatoms. The number of carbonyl (C=O) groups is 1. The van der Waals surface area contributed by atoms with Gasteiger partial charge in [-0.2, -0.15) is 21.6 Å². The van der Waals surface area contributed by atoms with E-state index < -0.39 is 32.6 Å². The Bertz CT molecular complexity index is 1130. The number of pyridine rings is 1. The maximum Gasteiger partial charge on any atom is 0.516 e. The number of sulfonamides is 1. The van der Waals surface area contributed by atoms with Crippen LogP contribution >= 0.6 is 0 Å². The van der Waals surface area contributed by atoms with Crippen molar-refractivity contribution in [3.63, 3.8) is 0 Å². The number of halogens is 3. The number of aromatic nitrogens is 1. The zero-order valence-corrected chi connectivity index (χ0v) is 16.1. The van der Waals surface area contributed by atoms with Crippen LogP contribution in [0.5, 0.6) is 0 Å². The van der Waals surface area contributed by atoms with E-state index in [2.05, 4.69) is 0 Å². The summed E-state index contributed by atoms with van der Waals surface area (Å²) in [5.74, 6) is -1.45. The molecule has 0 spiro atoms. The van der Waals surface area contributed by atoms with Crippen molar-refractivity contribution in [2.24, 2.45) is 0 Å². The first-order valence-corrected chi connectivity index (χ1v) is 9.33. The molecule has 2 aromatic rings. The SMILES string of the molecule is Cc1cc(C)c(-n2c(C)cc(C)c(C(=O)O)c2=O)cc1NS(=O)(=O)C(F)(F)F. The minimum absolute atomic E-state index is 0.0653. The van der Waals surface area contributed by atoms with Gasteiger partial charge in [-0.05, 0) is 56.5 Å². The Morgan fingerprint density at radius 1 is 1.04 bits per heavy atom. The average molecular weight is 418 g/mol. The lowest BCUT2D eigenvalue weighted by Gasteiger charge is -2.19. The monoisotopic (exact) mass is 418 g/mol. The third-order valence-electron chi connectivity index (χ3n) is 4.14. The molecule has 0 aliphatic carbocycles. The van der Waals surface area contributed by atoms with Gasteiger partial charge in [0.25, 0.3) is 5.56 Å². The fourth-order valence-corrected chi connectivity index (χ4v) is 3.47. The van der Waals surface area contributed by atoms with Crippen LogP contribution in [0.2, 0.25) is 0 Å². The molecule has 1 heterocycles. The van der Waals surface area contributed by atoms with Crippen LogP contribution in [0, 0.1) is 27.7 Å². The fourth-order valence-electron chi connectivity index (χ4n) is 2.84. The van der Waals surface area contributed by atoms with Gasteiger partial charge in [0, 0.05) is 5.69 Å². The molecule has 152 valence electrons. The second kappa shape index (κ2) is 6.97. The second-order valence-corrected chi connectivity index (χ2v) is 7.97. The fraction of sp³-hybridized carbons (Fsp3) is 0.294. The Balaban J connectivity index is 2.78. The van der Waals surface area contributed by atoms with Gasteiger partial charge in [-0.15, -0.1) is 0 Å². The van der Waals surface area contributed by atoms with Crippen molar-refractivity contribution in [1.29, 1.82) is 0 Å². The number of nitrogens with zero attached hydrogens (tertiary/aromatic N) is 1. The van der Waals surface area contributed by atoms with Gasteiger partial charge in [-0.25, -0.2) is 4.79 Å². The summed E-state index contributed by atoms with van der Waals surface area (Å²) < 4.78 is 63.5. The Morgan fingerprint density at radius 2 is 1.61 bits per heavy atom. The maximum absolute atomic E-state index is 12.7. The quantitative estimate of drug-likeness (QED) is 0.794. The highest BCUT2D eigenvalue weighted by atomic mass is 32.2. The Morgan fingerprint density at radius 3 is 2.11 bits per heavy atom. The largest absolute Gasteiger partial charge is 0.516 e. The number of rotatable bonds is 4. The van der Waals surface area contributed by atoms with Crippen LogP contribution in [-0.2, 0) is 10.0 Å². The maximum atomic E-state index is 12.7. The number of aryl methyl sites for hydroxylation is 4. The lowest BCUT2D eigenvalue weighted by atomic mass is 10.1. The Hall–Kier alpha value is -2.82. The first kappa shape index (κ1) is 21.5. The van der Waals surface area contributed by atoms with Crippen molar-refractivity contribution < 1.29 is 31.5 Å².